The molecule has 0 aliphatic rings. The lowest BCUT2D eigenvalue weighted by Gasteiger charge is -1.75. The fraction of sp³-hybridized carbons (Fsp3) is 0. The highest BCUT2D eigenvalue weighted by Crippen LogP contribution is 1.59. The molecule has 0 heterocycles. The molecule has 0 aliphatic heterocycles. The molecule has 14 N–H and O–H groups in total. The molecule has 15 heavy (non-hydrogen) atoms. The molecule has 0 saturated heterocycles. The molecular formula is C2H14N6O6S+2. The first-order valence-corrected chi connectivity index (χ1v) is 4.21. The van der Waals surface area contributed by atoms with Gasteiger partial charge in [0.15, 0.2) is 0 Å². The van der Waals surface area contributed by atoms with Gasteiger partial charge in [-0.1, -0.05) is 5.16 Å². The van der Waals surface area contributed by atoms with E-state index in [-0.39, 0.29) is 11.9 Å². The Hall–Kier alpha value is -1.83. The van der Waals surface area contributed by atoms with Crippen molar-refractivity contribution in [2.24, 2.45) is 22.4 Å². The zero-order valence-electron chi connectivity index (χ0n) is 7.40. The van der Waals surface area contributed by atoms with E-state index in [9.17, 15) is 0 Å². The number of quaternary nitrogens is 1. The smallest absolute Gasteiger partial charge is 0.408 e. The molecule has 0 aromatic rings. The third-order valence-electron chi connectivity index (χ3n) is 0.259. The third kappa shape index (κ3) is 267. The number of nitrogens with zero attached hydrogens (tertiary/aromatic N) is 1. The zero-order chi connectivity index (χ0) is 13.1. The molecule has 0 aliphatic carbocycles. The fourth-order valence-corrected chi connectivity index (χ4v) is 0. The van der Waals surface area contributed by atoms with Gasteiger partial charge >= 0.3 is 16.4 Å². The van der Waals surface area contributed by atoms with E-state index in [2.05, 4.69) is 22.4 Å². The van der Waals surface area contributed by atoms with E-state index in [1.807, 2.05) is 0 Å². The Morgan fingerprint density at radius 2 is 1.40 bits per heavy atom. The van der Waals surface area contributed by atoms with Crippen LogP contribution < -0.4 is 28.1 Å². The SMILES string of the molecule is NC(N)=NO.NC([NH3+])=[NH+]O.O=S(=O)(O)O. The Labute approximate surface area is 84.4 Å². The van der Waals surface area contributed by atoms with Crippen LogP contribution in [-0.4, -0.2) is 39.9 Å². The topological polar surface area (TPSA) is 247 Å². The van der Waals surface area contributed by atoms with Gasteiger partial charge in [0.2, 0.25) is 5.96 Å². The van der Waals surface area contributed by atoms with E-state index in [1.54, 1.807) is 5.16 Å². The lowest BCUT2D eigenvalue weighted by Crippen LogP contribution is -2.86. The Morgan fingerprint density at radius 3 is 1.40 bits per heavy atom. The summed E-state index contributed by atoms with van der Waals surface area (Å²) in [4.78, 5) is 0. The number of nitrogens with two attached hydrogens (primary N) is 3. The van der Waals surface area contributed by atoms with Crippen molar-refractivity contribution in [2.75, 3.05) is 0 Å². The van der Waals surface area contributed by atoms with Crippen LogP contribution in [0.25, 0.3) is 0 Å². The summed E-state index contributed by atoms with van der Waals surface area (Å²) in [6, 6.07) is 0. The monoisotopic (exact) mass is 250 g/mol. The van der Waals surface area contributed by atoms with Crippen LogP contribution in [0, 0.1) is 0 Å². The summed E-state index contributed by atoms with van der Waals surface area (Å²) < 4.78 is 31.6. The average molecular weight is 250 g/mol. The van der Waals surface area contributed by atoms with Gasteiger partial charge in [-0.05, 0) is 5.16 Å². The van der Waals surface area contributed by atoms with Crippen LogP contribution in [0.2, 0.25) is 0 Å². The molecule has 13 heteroatoms. The minimum atomic E-state index is -4.67. The first-order chi connectivity index (χ1) is 6.54. The molecule has 0 fully saturated rings. The third-order valence-corrected chi connectivity index (χ3v) is 0.259. The molecule has 0 atom stereocenters. The Bertz CT molecular complexity index is 263. The van der Waals surface area contributed by atoms with Crippen LogP contribution in [0.4, 0.5) is 0 Å². The largest absolute Gasteiger partial charge is 0.473 e. The first-order valence-electron chi connectivity index (χ1n) is 2.82. The van der Waals surface area contributed by atoms with Crippen molar-refractivity contribution >= 4 is 22.3 Å². The summed E-state index contributed by atoms with van der Waals surface area (Å²) in [5.74, 6) is -0.255. The van der Waals surface area contributed by atoms with Crippen LogP contribution in [0.15, 0.2) is 5.16 Å². The predicted molar refractivity (Wildman–Crippen MR) is 46.6 cm³/mol. The molecule has 0 aromatic heterocycles. The van der Waals surface area contributed by atoms with Crippen LogP contribution in [0.3, 0.4) is 0 Å². The molecule has 0 rings (SSSR count). The fourth-order valence-electron chi connectivity index (χ4n) is 0. The van der Waals surface area contributed by atoms with E-state index in [0.717, 1.165) is 0 Å². The van der Waals surface area contributed by atoms with E-state index in [4.69, 9.17) is 33.7 Å². The summed E-state index contributed by atoms with van der Waals surface area (Å²) in [6.45, 7) is 0. The normalized spacial score (nSPS) is 9.93. The number of hydrogen-bond donors (Lipinski definition) is 9. The van der Waals surface area contributed by atoms with Crippen molar-refractivity contribution in [1.82, 2.24) is 0 Å². The average Bonchev–Trinajstić information content (AvgIpc) is 2.02. The molecule has 0 amide bonds. The van der Waals surface area contributed by atoms with Gasteiger partial charge in [0, 0.05) is 0 Å². The van der Waals surface area contributed by atoms with Crippen LogP contribution in [0.1, 0.15) is 0 Å². The molecule has 0 saturated carbocycles. The number of oxime groups is 1. The number of hydrogen-bond acceptors (Lipinski definition) is 5. The van der Waals surface area contributed by atoms with Gasteiger partial charge in [-0.25, -0.2) is 5.73 Å². The standard InChI is InChI=1S/2CH5N3O.H2O4S/c2*2-1(3)4-5;1-5(2,3)4/h2*5H,(H4,2,3,4);(H2,1,2,3,4)/p+2. The van der Waals surface area contributed by atoms with Crippen molar-refractivity contribution in [3.05, 3.63) is 0 Å². The second-order valence-electron chi connectivity index (χ2n) is 1.61. The molecule has 0 spiro atoms. The Kier molecular flexibility index (Phi) is 12.9. The Morgan fingerprint density at radius 1 is 1.27 bits per heavy atom. The molecular weight excluding hydrogens is 236 g/mol. The van der Waals surface area contributed by atoms with E-state index < -0.39 is 10.4 Å². The summed E-state index contributed by atoms with van der Waals surface area (Å²) in [7, 11) is -4.67. The van der Waals surface area contributed by atoms with Crippen LogP contribution in [0.5, 0.6) is 0 Å². The van der Waals surface area contributed by atoms with Crippen molar-refractivity contribution in [3.8, 4) is 0 Å². The second kappa shape index (κ2) is 10.3. The molecule has 0 aromatic carbocycles. The van der Waals surface area contributed by atoms with Crippen molar-refractivity contribution < 1.29 is 38.8 Å². The number of guanidine groups is 2. The summed E-state index contributed by atoms with van der Waals surface area (Å²) in [5, 5.41) is 19.1. The molecule has 0 bridgehead atoms. The minimum Gasteiger partial charge on any atom is -0.408 e. The zero-order valence-corrected chi connectivity index (χ0v) is 8.22. The predicted octanol–water partition coefficient (Wildman–Crippen LogP) is -5.99. The first kappa shape index (κ1) is 18.9. The van der Waals surface area contributed by atoms with Crippen molar-refractivity contribution in [2.45, 2.75) is 0 Å². The lowest BCUT2D eigenvalue weighted by atomic mass is 11.1. The summed E-state index contributed by atoms with van der Waals surface area (Å²) in [6.07, 6.45) is 0. The number of nitrogens with one attached hydrogen (secondary N) is 1. The van der Waals surface area contributed by atoms with Crippen LogP contribution >= 0.6 is 0 Å². The van der Waals surface area contributed by atoms with Gasteiger partial charge in [0.05, 0.1) is 0 Å². The van der Waals surface area contributed by atoms with Gasteiger partial charge in [0.1, 0.15) is 0 Å². The lowest BCUT2D eigenvalue weighted by molar-refractivity contribution is -0.755. The summed E-state index contributed by atoms with van der Waals surface area (Å²) in [5.41, 5.74) is 17.0. The minimum absolute atomic E-state index is 0.0602. The second-order valence-corrected chi connectivity index (χ2v) is 2.51. The maximum absolute atomic E-state index is 8.74. The van der Waals surface area contributed by atoms with Gasteiger partial charge in [-0.3, -0.25) is 14.8 Å². The highest BCUT2D eigenvalue weighted by atomic mass is 32.3. The summed E-state index contributed by atoms with van der Waals surface area (Å²) >= 11 is 0. The molecule has 0 unspecified atom stereocenters. The van der Waals surface area contributed by atoms with Gasteiger partial charge in [-0.2, -0.15) is 8.42 Å². The van der Waals surface area contributed by atoms with E-state index >= 15 is 0 Å². The van der Waals surface area contributed by atoms with Crippen molar-refractivity contribution in [1.29, 1.82) is 0 Å². The van der Waals surface area contributed by atoms with Gasteiger partial charge in [-0.15, -0.1) is 0 Å². The Balaban J connectivity index is -0.000000144. The highest BCUT2D eigenvalue weighted by molar-refractivity contribution is 7.79. The molecule has 92 valence electrons. The maximum Gasteiger partial charge on any atom is 0.473 e. The quantitative estimate of drug-likeness (QED) is 0.0651. The van der Waals surface area contributed by atoms with Gasteiger partial charge < -0.3 is 21.9 Å². The van der Waals surface area contributed by atoms with E-state index in [0.29, 0.717) is 0 Å². The highest BCUT2D eigenvalue weighted by Gasteiger charge is 1.84. The maximum atomic E-state index is 8.74. The molecule has 0 radical (unpaired) electrons. The van der Waals surface area contributed by atoms with Gasteiger partial charge in [0.25, 0.3) is 0 Å². The van der Waals surface area contributed by atoms with Crippen molar-refractivity contribution in [3.63, 3.8) is 0 Å². The number of rotatable bonds is 0. The van der Waals surface area contributed by atoms with Crippen LogP contribution in [-0.2, 0) is 10.4 Å². The van der Waals surface area contributed by atoms with E-state index in [1.165, 1.54) is 0 Å². The molecule has 12 nitrogen and oxygen atoms in total.